The minimum absolute atomic E-state index is 0.242. The van der Waals surface area contributed by atoms with E-state index in [1.54, 1.807) is 0 Å². The van der Waals surface area contributed by atoms with Crippen LogP contribution in [0.3, 0.4) is 0 Å². The van der Waals surface area contributed by atoms with E-state index in [1.165, 1.54) is 22.3 Å². The van der Waals surface area contributed by atoms with Gasteiger partial charge in [-0.15, -0.1) is 0 Å². The zero-order valence-corrected chi connectivity index (χ0v) is 13.1. The molecule has 1 heterocycles. The molecule has 2 heteroatoms. The number of aromatic nitrogens is 1. The molecule has 0 bridgehead atoms. The summed E-state index contributed by atoms with van der Waals surface area (Å²) in [4.78, 5) is 4.42. The Labute approximate surface area is 122 Å². The first-order valence-electron chi connectivity index (χ1n) is 7.23. The molecule has 0 radical (unpaired) electrons. The standard InChI is InChI=1S/C18H24N2/c1-12-10-13(2)18(14(3)11-12)16(5)20-15(4)17-8-6-7-9-19-17/h6-11,15-16,20H,1-5H3/t15-,16?/m0/s1. The van der Waals surface area contributed by atoms with E-state index in [4.69, 9.17) is 0 Å². The van der Waals surface area contributed by atoms with Gasteiger partial charge in [-0.25, -0.2) is 0 Å². The van der Waals surface area contributed by atoms with Crippen LogP contribution in [0.15, 0.2) is 36.5 Å². The Hall–Kier alpha value is -1.67. The van der Waals surface area contributed by atoms with Crippen LogP contribution in [0.1, 0.15) is 53.9 Å². The second-order valence-electron chi connectivity index (χ2n) is 5.68. The van der Waals surface area contributed by atoms with Crippen molar-refractivity contribution in [1.82, 2.24) is 10.3 Å². The van der Waals surface area contributed by atoms with E-state index >= 15 is 0 Å². The summed E-state index contributed by atoms with van der Waals surface area (Å²) in [5, 5.41) is 3.65. The quantitative estimate of drug-likeness (QED) is 0.888. The molecule has 1 unspecified atom stereocenters. The lowest BCUT2D eigenvalue weighted by Gasteiger charge is -2.23. The van der Waals surface area contributed by atoms with Crippen LogP contribution < -0.4 is 5.32 Å². The van der Waals surface area contributed by atoms with Gasteiger partial charge in [-0.3, -0.25) is 4.98 Å². The summed E-state index contributed by atoms with van der Waals surface area (Å²) in [6.45, 7) is 10.9. The van der Waals surface area contributed by atoms with Crippen LogP contribution in [0.2, 0.25) is 0 Å². The highest BCUT2D eigenvalue weighted by Crippen LogP contribution is 2.25. The van der Waals surface area contributed by atoms with E-state index in [0.29, 0.717) is 6.04 Å². The Morgan fingerprint density at radius 1 is 0.950 bits per heavy atom. The highest BCUT2D eigenvalue weighted by Gasteiger charge is 2.15. The lowest BCUT2D eigenvalue weighted by Crippen LogP contribution is -2.24. The van der Waals surface area contributed by atoms with Crippen LogP contribution in [-0.4, -0.2) is 4.98 Å². The number of benzene rings is 1. The van der Waals surface area contributed by atoms with Gasteiger partial charge >= 0.3 is 0 Å². The van der Waals surface area contributed by atoms with Gasteiger partial charge in [0.05, 0.1) is 5.69 Å². The lowest BCUT2D eigenvalue weighted by atomic mass is 9.94. The van der Waals surface area contributed by atoms with Gasteiger partial charge in [-0.05, 0) is 63.4 Å². The third-order valence-corrected chi connectivity index (χ3v) is 3.80. The molecule has 1 aromatic heterocycles. The number of nitrogens with zero attached hydrogens (tertiary/aromatic N) is 1. The molecule has 1 aromatic carbocycles. The van der Waals surface area contributed by atoms with Gasteiger partial charge in [0, 0.05) is 18.3 Å². The van der Waals surface area contributed by atoms with Crippen molar-refractivity contribution in [3.8, 4) is 0 Å². The van der Waals surface area contributed by atoms with Crippen molar-refractivity contribution in [3.05, 3.63) is 64.5 Å². The van der Waals surface area contributed by atoms with Crippen molar-refractivity contribution in [2.75, 3.05) is 0 Å². The molecule has 1 N–H and O–H groups in total. The average Bonchev–Trinajstić information content (AvgIpc) is 2.38. The van der Waals surface area contributed by atoms with E-state index in [2.05, 4.69) is 63.1 Å². The molecule has 0 amide bonds. The van der Waals surface area contributed by atoms with Crippen LogP contribution in [0.5, 0.6) is 0 Å². The predicted molar refractivity (Wildman–Crippen MR) is 84.9 cm³/mol. The van der Waals surface area contributed by atoms with E-state index in [1.807, 2.05) is 18.3 Å². The molecule has 0 saturated heterocycles. The van der Waals surface area contributed by atoms with Gasteiger partial charge in [0.15, 0.2) is 0 Å². The first-order chi connectivity index (χ1) is 9.49. The van der Waals surface area contributed by atoms with Gasteiger partial charge in [0.25, 0.3) is 0 Å². The largest absolute Gasteiger partial charge is 0.302 e. The van der Waals surface area contributed by atoms with E-state index in [9.17, 15) is 0 Å². The third-order valence-electron chi connectivity index (χ3n) is 3.80. The van der Waals surface area contributed by atoms with E-state index in [-0.39, 0.29) is 6.04 Å². The molecule has 2 rings (SSSR count). The first-order valence-corrected chi connectivity index (χ1v) is 7.23. The van der Waals surface area contributed by atoms with Crippen LogP contribution >= 0.6 is 0 Å². The first kappa shape index (κ1) is 14.7. The second kappa shape index (κ2) is 6.19. The molecule has 0 aliphatic rings. The SMILES string of the molecule is Cc1cc(C)c(C(C)N[C@@H](C)c2ccccn2)c(C)c1. The maximum absolute atomic E-state index is 4.42. The number of pyridine rings is 1. The Balaban J connectivity index is 2.19. The van der Waals surface area contributed by atoms with Crippen molar-refractivity contribution >= 4 is 0 Å². The Bertz CT molecular complexity index is 552. The zero-order chi connectivity index (χ0) is 14.7. The maximum atomic E-state index is 4.42. The van der Waals surface area contributed by atoms with Crippen LogP contribution in [0.25, 0.3) is 0 Å². The molecule has 0 fully saturated rings. The molecule has 2 aromatic rings. The van der Waals surface area contributed by atoms with Gasteiger partial charge in [0.1, 0.15) is 0 Å². The monoisotopic (exact) mass is 268 g/mol. The maximum Gasteiger partial charge on any atom is 0.0570 e. The smallest absolute Gasteiger partial charge is 0.0570 e. The summed E-state index contributed by atoms with van der Waals surface area (Å²) in [6, 6.07) is 11.1. The third kappa shape index (κ3) is 3.26. The molecule has 2 nitrogen and oxygen atoms in total. The van der Waals surface area contributed by atoms with Crippen LogP contribution in [-0.2, 0) is 0 Å². The molecule has 0 spiro atoms. The lowest BCUT2D eigenvalue weighted by molar-refractivity contribution is 0.483. The second-order valence-corrected chi connectivity index (χ2v) is 5.68. The molecule has 2 atom stereocenters. The number of hydrogen-bond acceptors (Lipinski definition) is 2. The Morgan fingerprint density at radius 3 is 2.15 bits per heavy atom. The van der Waals surface area contributed by atoms with Crippen molar-refractivity contribution in [2.45, 2.75) is 46.7 Å². The van der Waals surface area contributed by atoms with Crippen molar-refractivity contribution in [3.63, 3.8) is 0 Å². The Morgan fingerprint density at radius 2 is 1.60 bits per heavy atom. The molecular formula is C18H24N2. The molecular weight excluding hydrogens is 244 g/mol. The summed E-state index contributed by atoms with van der Waals surface area (Å²) < 4.78 is 0. The molecule has 20 heavy (non-hydrogen) atoms. The molecule has 0 aliphatic carbocycles. The summed E-state index contributed by atoms with van der Waals surface area (Å²) >= 11 is 0. The van der Waals surface area contributed by atoms with Gasteiger partial charge in [-0.1, -0.05) is 23.8 Å². The summed E-state index contributed by atoms with van der Waals surface area (Å²) in [5.74, 6) is 0. The highest BCUT2D eigenvalue weighted by molar-refractivity contribution is 5.39. The van der Waals surface area contributed by atoms with Crippen LogP contribution in [0.4, 0.5) is 0 Å². The fourth-order valence-electron chi connectivity index (χ4n) is 3.05. The fraction of sp³-hybridized carbons (Fsp3) is 0.389. The number of aryl methyl sites for hydroxylation is 3. The molecule has 0 saturated carbocycles. The number of rotatable bonds is 4. The van der Waals surface area contributed by atoms with Gasteiger partial charge < -0.3 is 5.32 Å². The van der Waals surface area contributed by atoms with Crippen molar-refractivity contribution < 1.29 is 0 Å². The highest BCUT2D eigenvalue weighted by atomic mass is 15.0. The number of nitrogens with one attached hydrogen (secondary N) is 1. The zero-order valence-electron chi connectivity index (χ0n) is 13.1. The minimum atomic E-state index is 0.242. The molecule has 0 aliphatic heterocycles. The summed E-state index contributed by atoms with van der Waals surface area (Å²) in [6.07, 6.45) is 1.85. The minimum Gasteiger partial charge on any atom is -0.302 e. The fourth-order valence-corrected chi connectivity index (χ4v) is 3.05. The number of hydrogen-bond donors (Lipinski definition) is 1. The van der Waals surface area contributed by atoms with E-state index < -0.39 is 0 Å². The molecule has 106 valence electrons. The predicted octanol–water partition coefficient (Wildman–Crippen LogP) is 4.42. The topological polar surface area (TPSA) is 24.9 Å². The van der Waals surface area contributed by atoms with Crippen molar-refractivity contribution in [1.29, 1.82) is 0 Å². The normalized spacial score (nSPS) is 14.1. The van der Waals surface area contributed by atoms with Gasteiger partial charge in [-0.2, -0.15) is 0 Å². The average molecular weight is 268 g/mol. The summed E-state index contributed by atoms with van der Waals surface area (Å²) in [7, 11) is 0. The van der Waals surface area contributed by atoms with Crippen molar-refractivity contribution in [2.24, 2.45) is 0 Å². The Kier molecular flexibility index (Phi) is 4.56. The van der Waals surface area contributed by atoms with E-state index in [0.717, 1.165) is 5.69 Å². The van der Waals surface area contributed by atoms with Crippen LogP contribution in [0, 0.1) is 20.8 Å². The van der Waals surface area contributed by atoms with Gasteiger partial charge in [0.2, 0.25) is 0 Å². The summed E-state index contributed by atoms with van der Waals surface area (Å²) in [5.41, 5.74) is 6.53.